The molecule has 3 aromatic rings. The maximum absolute atomic E-state index is 6.03. The largest absolute Gasteiger partial charge is 0.390 e. The van der Waals surface area contributed by atoms with Gasteiger partial charge in [0.15, 0.2) is 0 Å². The van der Waals surface area contributed by atoms with Gasteiger partial charge in [-0.05, 0) is 38.0 Å². The first-order chi connectivity index (χ1) is 9.58. The summed E-state index contributed by atoms with van der Waals surface area (Å²) >= 11 is 1.54. The summed E-state index contributed by atoms with van der Waals surface area (Å²) in [6, 6.07) is 1.92. The van der Waals surface area contributed by atoms with E-state index in [-0.39, 0.29) is 0 Å². The molecule has 3 heterocycles. The lowest BCUT2D eigenvalue weighted by atomic mass is 10.1. The van der Waals surface area contributed by atoms with E-state index in [4.69, 9.17) is 10.3 Å². The third-order valence-electron chi connectivity index (χ3n) is 3.33. The van der Waals surface area contributed by atoms with Crippen molar-refractivity contribution >= 4 is 16.3 Å². The number of hydrogen-bond donors (Lipinski definition) is 1. The van der Waals surface area contributed by atoms with Crippen LogP contribution in [0.1, 0.15) is 16.0 Å². The number of nitrogen functional groups attached to an aromatic ring is 1. The van der Waals surface area contributed by atoms with E-state index in [1.54, 1.807) is 12.4 Å². The quantitative estimate of drug-likeness (QED) is 0.781. The molecule has 0 bridgehead atoms. The molecule has 102 valence electrons. The van der Waals surface area contributed by atoms with E-state index in [1.807, 2.05) is 26.8 Å². The minimum atomic E-state index is 0.461. The van der Waals surface area contributed by atoms with Crippen LogP contribution in [0.4, 0.5) is 5.00 Å². The van der Waals surface area contributed by atoms with Gasteiger partial charge in [-0.2, -0.15) is 4.98 Å². The molecule has 0 spiro atoms. The van der Waals surface area contributed by atoms with Crippen LogP contribution in [0.2, 0.25) is 0 Å². The highest BCUT2D eigenvalue weighted by atomic mass is 32.1. The molecule has 20 heavy (non-hydrogen) atoms. The second-order valence-electron chi connectivity index (χ2n) is 4.64. The maximum Gasteiger partial charge on any atom is 0.261 e. The van der Waals surface area contributed by atoms with Gasteiger partial charge in [0.05, 0.1) is 10.6 Å². The van der Waals surface area contributed by atoms with Crippen LogP contribution in [0.25, 0.3) is 22.8 Å². The molecule has 0 radical (unpaired) electrons. The summed E-state index contributed by atoms with van der Waals surface area (Å²) in [4.78, 5) is 9.72. The molecule has 0 aromatic carbocycles. The van der Waals surface area contributed by atoms with Gasteiger partial charge in [0.25, 0.3) is 5.89 Å². The molecule has 0 saturated heterocycles. The Hall–Kier alpha value is -2.21. The van der Waals surface area contributed by atoms with Gasteiger partial charge in [-0.1, -0.05) is 5.16 Å². The number of rotatable bonds is 2. The summed E-state index contributed by atoms with van der Waals surface area (Å²) < 4.78 is 5.37. The molecule has 0 aliphatic carbocycles. The number of aromatic nitrogens is 3. The number of hydrogen-bond acceptors (Lipinski definition) is 6. The topological polar surface area (TPSA) is 77.8 Å². The number of anilines is 1. The van der Waals surface area contributed by atoms with Crippen LogP contribution in [0.5, 0.6) is 0 Å². The monoisotopic (exact) mass is 286 g/mol. The average molecular weight is 286 g/mol. The molecule has 0 amide bonds. The van der Waals surface area contributed by atoms with Crippen LogP contribution in [0, 0.1) is 20.8 Å². The predicted octanol–water partition coefficient (Wildman–Crippen LogP) is 3.37. The van der Waals surface area contributed by atoms with Gasteiger partial charge in [-0.25, -0.2) is 0 Å². The second kappa shape index (κ2) is 4.72. The summed E-state index contributed by atoms with van der Waals surface area (Å²) in [5.74, 6) is 0.996. The van der Waals surface area contributed by atoms with Gasteiger partial charge < -0.3 is 10.3 Å². The average Bonchev–Trinajstić information content (AvgIpc) is 2.96. The van der Waals surface area contributed by atoms with E-state index < -0.39 is 0 Å². The number of thiophene rings is 1. The van der Waals surface area contributed by atoms with Crippen molar-refractivity contribution in [3.05, 3.63) is 34.5 Å². The van der Waals surface area contributed by atoms with Crippen LogP contribution in [0.3, 0.4) is 0 Å². The molecule has 5 nitrogen and oxygen atoms in total. The summed E-state index contributed by atoms with van der Waals surface area (Å²) in [5.41, 5.74) is 9.88. The minimum Gasteiger partial charge on any atom is -0.390 e. The van der Waals surface area contributed by atoms with Gasteiger partial charge >= 0.3 is 0 Å². The summed E-state index contributed by atoms with van der Waals surface area (Å²) in [7, 11) is 0. The Morgan fingerprint density at radius 1 is 1.25 bits per heavy atom. The fraction of sp³-hybridized carbons (Fsp3) is 0.214. The highest BCUT2D eigenvalue weighted by Gasteiger charge is 2.19. The van der Waals surface area contributed by atoms with Crippen LogP contribution < -0.4 is 5.73 Å². The fourth-order valence-electron chi connectivity index (χ4n) is 2.05. The molecule has 3 aromatic heterocycles. The lowest BCUT2D eigenvalue weighted by Crippen LogP contribution is -1.88. The van der Waals surface area contributed by atoms with Crippen LogP contribution in [-0.4, -0.2) is 15.1 Å². The number of nitrogens with zero attached hydrogens (tertiary/aromatic N) is 3. The normalized spacial score (nSPS) is 10.9. The van der Waals surface area contributed by atoms with Gasteiger partial charge in [0, 0.05) is 22.8 Å². The van der Waals surface area contributed by atoms with Crippen LogP contribution in [0.15, 0.2) is 23.0 Å². The zero-order valence-corrected chi connectivity index (χ0v) is 12.3. The number of aryl methyl sites for hydroxylation is 2. The molecule has 0 aliphatic heterocycles. The molecule has 0 saturated carbocycles. The molecule has 0 aliphatic rings. The van der Waals surface area contributed by atoms with Crippen LogP contribution >= 0.6 is 11.3 Å². The second-order valence-corrected chi connectivity index (χ2v) is 5.89. The smallest absolute Gasteiger partial charge is 0.261 e. The Labute approximate surface area is 120 Å². The van der Waals surface area contributed by atoms with Crippen molar-refractivity contribution in [3.63, 3.8) is 0 Å². The van der Waals surface area contributed by atoms with Crippen molar-refractivity contribution in [3.8, 4) is 22.8 Å². The molecule has 0 unspecified atom stereocenters. The van der Waals surface area contributed by atoms with E-state index >= 15 is 0 Å². The highest BCUT2D eigenvalue weighted by molar-refractivity contribution is 7.16. The van der Waals surface area contributed by atoms with Crippen molar-refractivity contribution in [1.29, 1.82) is 0 Å². The van der Waals surface area contributed by atoms with Crippen molar-refractivity contribution in [1.82, 2.24) is 15.1 Å². The van der Waals surface area contributed by atoms with E-state index in [0.717, 1.165) is 27.1 Å². The van der Waals surface area contributed by atoms with Crippen molar-refractivity contribution in [2.45, 2.75) is 20.8 Å². The zero-order chi connectivity index (χ0) is 14.3. The maximum atomic E-state index is 6.03. The Bertz CT molecular complexity index is 775. The summed E-state index contributed by atoms with van der Waals surface area (Å²) in [6.45, 7) is 6.03. The fourth-order valence-corrected chi connectivity index (χ4v) is 2.98. The Balaban J connectivity index is 2.09. The Kier molecular flexibility index (Phi) is 3.02. The first-order valence-electron chi connectivity index (χ1n) is 6.18. The third kappa shape index (κ3) is 1.98. The first-order valence-corrected chi connectivity index (χ1v) is 7.00. The van der Waals surface area contributed by atoms with Crippen molar-refractivity contribution < 1.29 is 4.52 Å². The molecule has 0 atom stereocenters. The lowest BCUT2D eigenvalue weighted by Gasteiger charge is -1.97. The van der Waals surface area contributed by atoms with E-state index in [9.17, 15) is 0 Å². The Morgan fingerprint density at radius 3 is 2.70 bits per heavy atom. The standard InChI is InChI=1S/C14H14N4OS/c1-7-4-5-16-6-10(7)13-17-14(19-18-13)11-8(2)9(3)20-12(11)15/h4-6H,15H2,1-3H3. The number of pyridine rings is 1. The van der Waals surface area contributed by atoms with Gasteiger partial charge in [-0.3, -0.25) is 4.98 Å². The zero-order valence-electron chi connectivity index (χ0n) is 11.5. The van der Waals surface area contributed by atoms with Gasteiger partial charge in [-0.15, -0.1) is 11.3 Å². The van der Waals surface area contributed by atoms with E-state index in [2.05, 4.69) is 15.1 Å². The summed E-state index contributed by atoms with van der Waals surface area (Å²) in [6.07, 6.45) is 3.48. The number of nitrogens with two attached hydrogens (primary N) is 1. The highest BCUT2D eigenvalue weighted by Crippen LogP contribution is 2.37. The molecular formula is C14H14N4OS. The van der Waals surface area contributed by atoms with E-state index in [1.165, 1.54) is 11.3 Å². The minimum absolute atomic E-state index is 0.461. The SMILES string of the molecule is Cc1ccncc1-c1noc(-c2c(N)sc(C)c2C)n1. The van der Waals surface area contributed by atoms with Crippen molar-refractivity contribution in [2.24, 2.45) is 0 Å². The molecule has 0 fully saturated rings. The summed E-state index contributed by atoms with van der Waals surface area (Å²) in [5, 5.41) is 4.74. The molecule has 6 heteroatoms. The Morgan fingerprint density at radius 2 is 2.05 bits per heavy atom. The lowest BCUT2D eigenvalue weighted by molar-refractivity contribution is 0.432. The predicted molar refractivity (Wildman–Crippen MR) is 79.5 cm³/mol. The third-order valence-corrected chi connectivity index (χ3v) is 4.37. The molecule has 2 N–H and O–H groups in total. The molecular weight excluding hydrogens is 272 g/mol. The molecule has 3 rings (SSSR count). The van der Waals surface area contributed by atoms with Gasteiger partial charge in [0.1, 0.15) is 0 Å². The van der Waals surface area contributed by atoms with E-state index in [0.29, 0.717) is 16.7 Å². The first kappa shape index (κ1) is 12.8. The van der Waals surface area contributed by atoms with Gasteiger partial charge in [0.2, 0.25) is 5.82 Å². The van der Waals surface area contributed by atoms with Crippen molar-refractivity contribution in [2.75, 3.05) is 5.73 Å². The van der Waals surface area contributed by atoms with Crippen LogP contribution in [-0.2, 0) is 0 Å².